The molecule has 0 bridgehead atoms. The van der Waals surface area contributed by atoms with E-state index < -0.39 is 17.9 Å². The van der Waals surface area contributed by atoms with Gasteiger partial charge in [0.05, 0.1) is 18.7 Å². The van der Waals surface area contributed by atoms with Crippen molar-refractivity contribution < 1.29 is 13.9 Å². The second kappa shape index (κ2) is 6.09. The van der Waals surface area contributed by atoms with E-state index in [4.69, 9.17) is 0 Å². The fourth-order valence-corrected chi connectivity index (χ4v) is 2.30. The highest BCUT2D eigenvalue weighted by molar-refractivity contribution is 5.83. The van der Waals surface area contributed by atoms with E-state index in [1.54, 1.807) is 19.3 Å². The molecule has 0 saturated heterocycles. The number of aliphatic hydroxyl groups is 1. The van der Waals surface area contributed by atoms with Crippen LogP contribution in [0.25, 0.3) is 11.3 Å². The second-order valence-electron chi connectivity index (χ2n) is 4.85. The van der Waals surface area contributed by atoms with Crippen LogP contribution in [-0.2, 0) is 0 Å². The molecule has 0 amide bonds. The number of rotatable bonds is 4. The minimum Gasteiger partial charge on any atom is -0.369 e. The minimum absolute atomic E-state index is 0.0700. The molecule has 0 aliphatic rings. The van der Waals surface area contributed by atoms with E-state index in [-0.39, 0.29) is 11.1 Å². The lowest BCUT2D eigenvalue weighted by Gasteiger charge is -2.20. The number of aliphatic hydroxyl groups excluding tert-OH is 1. The number of nitrogens with zero attached hydrogens (tertiary/aromatic N) is 5. The number of hydrogen-bond acceptors (Lipinski definition) is 4. The fourth-order valence-electron chi connectivity index (χ4n) is 2.30. The van der Waals surface area contributed by atoms with Crippen LogP contribution in [0.2, 0.25) is 0 Å². The van der Waals surface area contributed by atoms with Gasteiger partial charge in [0.1, 0.15) is 11.6 Å². The molecule has 1 N–H and O–H groups in total. The maximum atomic E-state index is 14.2. The van der Waals surface area contributed by atoms with Crippen LogP contribution in [0.1, 0.15) is 18.7 Å². The van der Waals surface area contributed by atoms with Crippen molar-refractivity contribution in [2.45, 2.75) is 13.2 Å². The summed E-state index contributed by atoms with van der Waals surface area (Å²) >= 11 is 0. The average molecular weight is 317 g/mol. The quantitative estimate of drug-likeness (QED) is 0.802. The van der Waals surface area contributed by atoms with Gasteiger partial charge in [0, 0.05) is 35.3 Å². The first-order valence-electron chi connectivity index (χ1n) is 6.76. The average Bonchev–Trinajstić information content (AvgIpc) is 3.22. The molecule has 0 aliphatic heterocycles. The molecule has 23 heavy (non-hydrogen) atoms. The van der Waals surface area contributed by atoms with E-state index in [0.29, 0.717) is 5.70 Å². The first kappa shape index (κ1) is 15.0. The number of imidazole rings is 1. The summed E-state index contributed by atoms with van der Waals surface area (Å²) in [5.74, 6) is -1.47. The summed E-state index contributed by atoms with van der Waals surface area (Å²) in [6.07, 6.45) is 6.25. The third-order valence-electron chi connectivity index (χ3n) is 3.44. The third kappa shape index (κ3) is 2.88. The Hall–Kier alpha value is -2.87. The van der Waals surface area contributed by atoms with Gasteiger partial charge in [-0.3, -0.25) is 0 Å². The number of benzene rings is 1. The Morgan fingerprint density at radius 3 is 2.65 bits per heavy atom. The summed E-state index contributed by atoms with van der Waals surface area (Å²) in [6, 6.07) is 3.18. The van der Waals surface area contributed by atoms with Crippen LogP contribution in [0.4, 0.5) is 8.78 Å². The lowest BCUT2D eigenvalue weighted by molar-refractivity contribution is 0.164. The van der Waals surface area contributed by atoms with Crippen molar-refractivity contribution in [1.82, 2.24) is 24.5 Å². The lowest BCUT2D eigenvalue weighted by Crippen LogP contribution is -2.13. The molecular weight excluding hydrogens is 304 g/mol. The van der Waals surface area contributed by atoms with Crippen molar-refractivity contribution in [3.8, 4) is 0 Å². The summed E-state index contributed by atoms with van der Waals surface area (Å²) in [5, 5.41) is 18.2. The van der Waals surface area contributed by atoms with Crippen LogP contribution in [0.15, 0.2) is 49.3 Å². The Bertz CT molecular complexity index is 828. The van der Waals surface area contributed by atoms with Crippen molar-refractivity contribution in [3.05, 3.63) is 66.5 Å². The molecule has 1 aromatic carbocycles. The van der Waals surface area contributed by atoms with Crippen molar-refractivity contribution in [2.24, 2.45) is 0 Å². The molecule has 0 aliphatic carbocycles. The monoisotopic (exact) mass is 317 g/mol. The summed E-state index contributed by atoms with van der Waals surface area (Å²) < 4.78 is 30.2. The van der Waals surface area contributed by atoms with Gasteiger partial charge < -0.3 is 9.67 Å². The number of halogens is 2. The Balaban J connectivity index is 2.20. The topological polar surface area (TPSA) is 68.8 Å². The van der Waals surface area contributed by atoms with Crippen LogP contribution in [0, 0.1) is 11.6 Å². The highest BCUT2D eigenvalue weighted by Crippen LogP contribution is 2.32. The summed E-state index contributed by atoms with van der Waals surface area (Å²) in [6.45, 7) is 1.66. The molecule has 2 heterocycles. The van der Waals surface area contributed by atoms with E-state index in [1.807, 2.05) is 0 Å². The lowest BCUT2D eigenvalue weighted by atomic mass is 10.0. The van der Waals surface area contributed by atoms with Gasteiger partial charge in [-0.15, -0.1) is 5.10 Å². The zero-order valence-corrected chi connectivity index (χ0v) is 12.1. The maximum absolute atomic E-state index is 14.2. The molecule has 6 nitrogen and oxygen atoms in total. The van der Waals surface area contributed by atoms with Crippen molar-refractivity contribution in [3.63, 3.8) is 0 Å². The normalized spacial score (nSPS) is 13.7. The second-order valence-corrected chi connectivity index (χ2v) is 4.85. The molecule has 0 saturated carbocycles. The van der Waals surface area contributed by atoms with E-state index in [9.17, 15) is 13.9 Å². The van der Waals surface area contributed by atoms with Crippen LogP contribution in [-0.4, -0.2) is 29.7 Å². The molecule has 1 atom stereocenters. The Labute approximate surface area is 130 Å². The fraction of sp³-hybridized carbons (Fsp3) is 0.133. The highest BCUT2D eigenvalue weighted by atomic mass is 19.1. The van der Waals surface area contributed by atoms with E-state index in [0.717, 1.165) is 12.1 Å². The maximum Gasteiger partial charge on any atom is 0.160 e. The molecule has 8 heteroatoms. The molecule has 0 radical (unpaired) electrons. The number of aromatic nitrogens is 5. The molecule has 118 valence electrons. The zero-order valence-electron chi connectivity index (χ0n) is 12.1. The van der Waals surface area contributed by atoms with E-state index >= 15 is 0 Å². The van der Waals surface area contributed by atoms with Gasteiger partial charge in [-0.05, 0) is 19.1 Å². The van der Waals surface area contributed by atoms with Crippen LogP contribution in [0.5, 0.6) is 0 Å². The molecule has 2 aromatic heterocycles. The minimum atomic E-state index is -1.22. The predicted molar refractivity (Wildman–Crippen MR) is 78.6 cm³/mol. The summed E-state index contributed by atoms with van der Waals surface area (Å²) in [4.78, 5) is 3.87. The van der Waals surface area contributed by atoms with Crippen LogP contribution >= 0.6 is 0 Å². The Morgan fingerprint density at radius 2 is 2.04 bits per heavy atom. The highest BCUT2D eigenvalue weighted by Gasteiger charge is 2.22. The smallest absolute Gasteiger partial charge is 0.160 e. The Kier molecular flexibility index (Phi) is 3.98. The van der Waals surface area contributed by atoms with Crippen molar-refractivity contribution in [1.29, 1.82) is 0 Å². The zero-order chi connectivity index (χ0) is 16.4. The van der Waals surface area contributed by atoms with Gasteiger partial charge >= 0.3 is 0 Å². The largest absolute Gasteiger partial charge is 0.369 e. The Morgan fingerprint density at radius 1 is 1.22 bits per heavy atom. The van der Waals surface area contributed by atoms with Crippen LogP contribution in [0.3, 0.4) is 0 Å². The first-order chi connectivity index (χ1) is 11.1. The molecule has 1 unspecified atom stereocenters. The van der Waals surface area contributed by atoms with Gasteiger partial charge in [0.2, 0.25) is 0 Å². The van der Waals surface area contributed by atoms with E-state index in [1.165, 1.54) is 34.0 Å². The first-order valence-corrected chi connectivity index (χ1v) is 6.76. The van der Waals surface area contributed by atoms with Gasteiger partial charge in [0.25, 0.3) is 0 Å². The molecule has 3 aromatic rings. The van der Waals surface area contributed by atoms with Gasteiger partial charge in [0.15, 0.2) is 6.23 Å². The molecule has 0 fully saturated rings. The number of allylic oxidation sites excluding steroid dienone is 1. The molecule has 3 rings (SSSR count). The van der Waals surface area contributed by atoms with Gasteiger partial charge in [-0.2, -0.15) is 0 Å². The molecule has 0 spiro atoms. The van der Waals surface area contributed by atoms with Crippen molar-refractivity contribution >= 4 is 11.3 Å². The van der Waals surface area contributed by atoms with Gasteiger partial charge in [-0.25, -0.2) is 18.4 Å². The van der Waals surface area contributed by atoms with Crippen molar-refractivity contribution in [2.75, 3.05) is 0 Å². The number of hydrogen-bond donors (Lipinski definition) is 1. The van der Waals surface area contributed by atoms with Gasteiger partial charge in [-0.1, -0.05) is 5.21 Å². The predicted octanol–water partition coefficient (Wildman–Crippen LogP) is 2.33. The summed E-state index contributed by atoms with van der Waals surface area (Å²) in [7, 11) is 0. The van der Waals surface area contributed by atoms with Crippen LogP contribution < -0.4 is 0 Å². The SMILES string of the molecule is C/C(=C(/c1ccc(F)cc1F)C(O)n1ccnc1)n1ccnn1. The standard InChI is InChI=1S/C15H13F2N5O/c1-10(22-7-5-19-20-22)14(15(23)21-6-4-18-9-21)12-3-2-11(16)8-13(12)17/h2-9,15,23H,1H3/b14-10+. The summed E-state index contributed by atoms with van der Waals surface area (Å²) in [5.41, 5.74) is 0.751. The molecular formula is C15H13F2N5O. The third-order valence-corrected chi connectivity index (χ3v) is 3.44. The van der Waals surface area contributed by atoms with E-state index in [2.05, 4.69) is 15.3 Å².